The minimum absolute atomic E-state index is 0.00420. The van der Waals surface area contributed by atoms with E-state index in [1.165, 1.54) is 11.8 Å². The molecule has 1 unspecified atom stereocenters. The number of hydrogen-bond donors (Lipinski definition) is 3. The fourth-order valence-electron chi connectivity index (χ4n) is 4.70. The highest BCUT2D eigenvalue weighted by molar-refractivity contribution is 5.83. The Balaban J connectivity index is 1.73. The minimum atomic E-state index is -1.16. The normalized spacial score (nSPS) is 12.2. The molecule has 0 aliphatic carbocycles. The molecule has 9 nitrogen and oxygen atoms in total. The topological polar surface area (TPSA) is 125 Å². The molecule has 43 heavy (non-hydrogen) atoms. The van der Waals surface area contributed by atoms with E-state index in [0.29, 0.717) is 13.0 Å². The molecule has 0 heterocycles. The van der Waals surface area contributed by atoms with Crippen molar-refractivity contribution in [3.05, 3.63) is 96.1 Å². The molecule has 0 aliphatic rings. The zero-order valence-electron chi connectivity index (χ0n) is 25.0. The molecule has 3 N–H and O–H groups in total. The first kappa shape index (κ1) is 32.8. The van der Waals surface area contributed by atoms with Crippen molar-refractivity contribution in [3.8, 4) is 11.1 Å². The molecule has 0 radical (unpaired) electrons. The molecule has 9 heteroatoms. The zero-order valence-corrected chi connectivity index (χ0v) is 25.0. The molecule has 0 fully saturated rings. The summed E-state index contributed by atoms with van der Waals surface area (Å²) in [6.07, 6.45) is 0.433. The Morgan fingerprint density at radius 1 is 0.791 bits per heavy atom. The summed E-state index contributed by atoms with van der Waals surface area (Å²) in [7, 11) is 0. The van der Waals surface area contributed by atoms with Crippen molar-refractivity contribution in [2.24, 2.45) is 11.8 Å². The number of carbonyl (C=O) groups excluding carboxylic acids is 3. The van der Waals surface area contributed by atoms with Crippen molar-refractivity contribution in [2.45, 2.75) is 39.7 Å². The summed E-state index contributed by atoms with van der Waals surface area (Å²) < 4.78 is 5.45. The predicted molar refractivity (Wildman–Crippen MR) is 165 cm³/mol. The molecule has 0 saturated carbocycles. The van der Waals surface area contributed by atoms with E-state index in [2.05, 4.69) is 10.6 Å². The van der Waals surface area contributed by atoms with Crippen LogP contribution < -0.4 is 10.6 Å². The van der Waals surface area contributed by atoms with Crippen LogP contribution in [-0.2, 0) is 32.0 Å². The maximum absolute atomic E-state index is 13.5. The number of benzene rings is 3. The summed E-state index contributed by atoms with van der Waals surface area (Å²) >= 11 is 0. The van der Waals surface area contributed by atoms with Crippen LogP contribution in [0.1, 0.15) is 31.9 Å². The molecule has 3 aromatic carbocycles. The highest BCUT2D eigenvalue weighted by Crippen LogP contribution is 2.20. The average Bonchev–Trinajstić information content (AvgIpc) is 2.99. The molecule has 0 saturated heterocycles. The first-order chi connectivity index (χ1) is 20.6. The third-order valence-electron chi connectivity index (χ3n) is 6.79. The summed E-state index contributed by atoms with van der Waals surface area (Å²) in [5.74, 6) is -2.50. The number of esters is 1. The minimum Gasteiger partial charge on any atom is -0.480 e. The third kappa shape index (κ3) is 11.3. The van der Waals surface area contributed by atoms with Crippen molar-refractivity contribution in [1.82, 2.24) is 15.5 Å². The van der Waals surface area contributed by atoms with Crippen molar-refractivity contribution >= 4 is 23.9 Å². The van der Waals surface area contributed by atoms with Gasteiger partial charge in [-0.1, -0.05) is 98.8 Å². The van der Waals surface area contributed by atoms with Gasteiger partial charge in [0.25, 0.3) is 0 Å². The predicted octanol–water partition coefficient (Wildman–Crippen LogP) is 4.56. The summed E-state index contributed by atoms with van der Waals surface area (Å²) in [6.45, 7) is 5.81. The zero-order chi connectivity index (χ0) is 31.2. The van der Waals surface area contributed by atoms with E-state index < -0.39 is 29.9 Å². The molecule has 3 aromatic rings. The number of nitrogens with one attached hydrogen (secondary N) is 2. The van der Waals surface area contributed by atoms with Gasteiger partial charge in [-0.25, -0.2) is 9.59 Å². The number of nitrogens with zero attached hydrogens (tertiary/aromatic N) is 1. The molecule has 2 atom stereocenters. The standard InChI is InChI=1S/C34H41N3O6/c1-24(2)22-37(23-30(20-26-10-6-4-7-11-26)33(41)43-19-18-35-25(3)38)34(42)36-31(32(39)40)21-27-14-16-29(17-15-27)28-12-8-5-9-13-28/h4-17,24,30-31H,18-23H2,1-3H3,(H,35,38)(H,36,42)(H,39,40)/t30?,31-/m0/s1. The molecule has 228 valence electrons. The van der Waals surface area contributed by atoms with Gasteiger partial charge in [-0.2, -0.15) is 0 Å². The Morgan fingerprint density at radius 2 is 1.37 bits per heavy atom. The first-order valence-corrected chi connectivity index (χ1v) is 14.5. The second-order valence-corrected chi connectivity index (χ2v) is 10.9. The Hall–Kier alpha value is -4.66. The van der Waals surface area contributed by atoms with Gasteiger partial charge in [0.15, 0.2) is 0 Å². The quantitative estimate of drug-likeness (QED) is 0.177. The van der Waals surface area contributed by atoms with E-state index in [1.54, 1.807) is 0 Å². The molecule has 3 amide bonds. The van der Waals surface area contributed by atoms with Gasteiger partial charge in [0.05, 0.1) is 12.5 Å². The molecule has 0 spiro atoms. The first-order valence-electron chi connectivity index (χ1n) is 14.5. The fraction of sp³-hybridized carbons (Fsp3) is 0.353. The molecule has 3 rings (SSSR count). The van der Waals surface area contributed by atoms with Gasteiger partial charge in [0.2, 0.25) is 5.91 Å². The second-order valence-electron chi connectivity index (χ2n) is 10.9. The van der Waals surface area contributed by atoms with Gasteiger partial charge < -0.3 is 25.4 Å². The Labute approximate surface area is 253 Å². The maximum atomic E-state index is 13.5. The lowest BCUT2D eigenvalue weighted by Crippen LogP contribution is -2.51. The van der Waals surface area contributed by atoms with Crippen LogP contribution >= 0.6 is 0 Å². The molecule has 0 bridgehead atoms. The summed E-state index contributed by atoms with van der Waals surface area (Å²) in [4.78, 5) is 51.5. The van der Waals surface area contributed by atoms with Gasteiger partial charge in [-0.15, -0.1) is 0 Å². The number of carboxylic acid groups (broad SMARTS) is 1. The Bertz CT molecular complexity index is 1330. The van der Waals surface area contributed by atoms with E-state index in [4.69, 9.17) is 4.74 Å². The van der Waals surface area contributed by atoms with Gasteiger partial charge in [0.1, 0.15) is 12.6 Å². The highest BCUT2D eigenvalue weighted by atomic mass is 16.5. The van der Waals surface area contributed by atoms with Gasteiger partial charge in [-0.05, 0) is 34.6 Å². The van der Waals surface area contributed by atoms with Crippen LogP contribution in [0.2, 0.25) is 0 Å². The van der Waals surface area contributed by atoms with Crippen LogP contribution in [0.25, 0.3) is 11.1 Å². The Morgan fingerprint density at radius 3 is 1.95 bits per heavy atom. The lowest BCUT2D eigenvalue weighted by molar-refractivity contribution is -0.149. The van der Waals surface area contributed by atoms with Crippen LogP contribution in [0.4, 0.5) is 4.79 Å². The maximum Gasteiger partial charge on any atom is 0.326 e. The highest BCUT2D eigenvalue weighted by Gasteiger charge is 2.29. The van der Waals surface area contributed by atoms with E-state index in [9.17, 15) is 24.3 Å². The van der Waals surface area contributed by atoms with Gasteiger partial charge in [0, 0.05) is 26.4 Å². The van der Waals surface area contributed by atoms with Gasteiger partial charge >= 0.3 is 18.0 Å². The second kappa shape index (κ2) is 16.7. The van der Waals surface area contributed by atoms with E-state index >= 15 is 0 Å². The lowest BCUT2D eigenvalue weighted by atomic mass is 9.98. The number of hydrogen-bond acceptors (Lipinski definition) is 5. The van der Waals surface area contributed by atoms with Crippen molar-refractivity contribution in [2.75, 3.05) is 26.2 Å². The van der Waals surface area contributed by atoms with E-state index in [0.717, 1.165) is 22.3 Å². The monoisotopic (exact) mass is 587 g/mol. The average molecular weight is 588 g/mol. The Kier molecular flexibility index (Phi) is 12.8. The number of ether oxygens (including phenoxy) is 1. The molecule has 0 aromatic heterocycles. The van der Waals surface area contributed by atoms with Crippen LogP contribution in [-0.4, -0.2) is 66.2 Å². The molecular weight excluding hydrogens is 546 g/mol. The van der Waals surface area contributed by atoms with Crippen LogP contribution in [0.5, 0.6) is 0 Å². The van der Waals surface area contributed by atoms with Crippen LogP contribution in [0, 0.1) is 11.8 Å². The van der Waals surface area contributed by atoms with Crippen molar-refractivity contribution in [3.63, 3.8) is 0 Å². The van der Waals surface area contributed by atoms with E-state index in [1.807, 2.05) is 98.8 Å². The number of aliphatic carboxylic acids is 1. The number of carbonyl (C=O) groups is 4. The third-order valence-corrected chi connectivity index (χ3v) is 6.79. The lowest BCUT2D eigenvalue weighted by Gasteiger charge is -2.30. The number of urea groups is 1. The molecular formula is C34H41N3O6. The molecule has 0 aliphatic heterocycles. The number of amides is 3. The fourth-order valence-corrected chi connectivity index (χ4v) is 4.70. The van der Waals surface area contributed by atoms with E-state index in [-0.39, 0.29) is 37.9 Å². The van der Waals surface area contributed by atoms with Crippen LogP contribution in [0.15, 0.2) is 84.9 Å². The number of carboxylic acids is 1. The smallest absolute Gasteiger partial charge is 0.326 e. The summed E-state index contributed by atoms with van der Waals surface area (Å²) in [5.41, 5.74) is 3.74. The van der Waals surface area contributed by atoms with Crippen LogP contribution in [0.3, 0.4) is 0 Å². The number of rotatable bonds is 15. The SMILES string of the molecule is CC(=O)NCCOC(=O)C(Cc1ccccc1)CN(CC(C)C)C(=O)N[C@@H](Cc1ccc(-c2ccccc2)cc1)C(=O)O. The summed E-state index contributed by atoms with van der Waals surface area (Å²) in [6, 6.07) is 25.1. The largest absolute Gasteiger partial charge is 0.480 e. The van der Waals surface area contributed by atoms with Crippen molar-refractivity contribution in [1.29, 1.82) is 0 Å². The van der Waals surface area contributed by atoms with Crippen molar-refractivity contribution < 1.29 is 29.0 Å². The van der Waals surface area contributed by atoms with Gasteiger partial charge in [-0.3, -0.25) is 9.59 Å². The summed E-state index contributed by atoms with van der Waals surface area (Å²) in [5, 5.41) is 15.2.